The Balaban J connectivity index is 1.95. The maximum absolute atomic E-state index is 6.03. The van der Waals surface area contributed by atoms with Crippen molar-refractivity contribution in [1.82, 2.24) is 19.9 Å². The van der Waals surface area contributed by atoms with E-state index in [-0.39, 0.29) is 11.6 Å². The van der Waals surface area contributed by atoms with Crippen molar-refractivity contribution in [2.45, 2.75) is 58.7 Å². The van der Waals surface area contributed by atoms with Gasteiger partial charge in [0.1, 0.15) is 0 Å². The number of aromatic nitrogens is 3. The van der Waals surface area contributed by atoms with E-state index in [2.05, 4.69) is 49.1 Å². The molecule has 0 radical (unpaired) electrons. The van der Waals surface area contributed by atoms with Gasteiger partial charge in [-0.25, -0.2) is 4.68 Å². The van der Waals surface area contributed by atoms with E-state index in [0.29, 0.717) is 5.92 Å². The molecule has 0 aliphatic carbocycles. The first-order chi connectivity index (χ1) is 8.86. The molecule has 2 rings (SSSR count). The third-order valence-electron chi connectivity index (χ3n) is 3.90. The number of piperidine rings is 1. The molecule has 5 nitrogen and oxygen atoms in total. The average molecular weight is 265 g/mol. The van der Waals surface area contributed by atoms with Crippen LogP contribution in [0.2, 0.25) is 0 Å². The van der Waals surface area contributed by atoms with Gasteiger partial charge >= 0.3 is 0 Å². The van der Waals surface area contributed by atoms with Gasteiger partial charge in [-0.05, 0) is 53.0 Å². The van der Waals surface area contributed by atoms with Crippen molar-refractivity contribution in [2.75, 3.05) is 13.1 Å². The number of rotatable bonds is 3. The molecule has 1 aromatic heterocycles. The van der Waals surface area contributed by atoms with Gasteiger partial charge in [0.2, 0.25) is 0 Å². The minimum absolute atomic E-state index is 0.00144. The van der Waals surface area contributed by atoms with E-state index < -0.39 is 0 Å². The van der Waals surface area contributed by atoms with Gasteiger partial charge in [-0.3, -0.25) is 4.90 Å². The number of nitrogens with zero attached hydrogens (tertiary/aromatic N) is 4. The summed E-state index contributed by atoms with van der Waals surface area (Å²) in [5.74, 6) is 0.617. The van der Waals surface area contributed by atoms with Crippen molar-refractivity contribution >= 4 is 0 Å². The van der Waals surface area contributed by atoms with Crippen molar-refractivity contribution in [1.29, 1.82) is 0 Å². The molecule has 0 amide bonds. The fourth-order valence-electron chi connectivity index (χ4n) is 2.59. The highest BCUT2D eigenvalue weighted by atomic mass is 15.4. The smallest absolute Gasteiger partial charge is 0.0967 e. The summed E-state index contributed by atoms with van der Waals surface area (Å²) in [7, 11) is 0. The first-order valence-electron chi connectivity index (χ1n) is 7.26. The fraction of sp³-hybridized carbons (Fsp3) is 0.857. The van der Waals surface area contributed by atoms with Crippen LogP contribution >= 0.6 is 0 Å². The lowest BCUT2D eigenvalue weighted by atomic mass is 9.92. The molecular formula is C14H27N5. The van der Waals surface area contributed by atoms with Crippen LogP contribution in [0.1, 0.15) is 46.2 Å². The molecule has 2 heterocycles. The predicted molar refractivity (Wildman–Crippen MR) is 76.7 cm³/mol. The second kappa shape index (κ2) is 5.59. The Hall–Kier alpha value is -0.940. The van der Waals surface area contributed by atoms with Crippen molar-refractivity contribution in [3.63, 3.8) is 0 Å². The highest BCUT2D eigenvalue weighted by Gasteiger charge is 2.23. The minimum Gasteiger partial charge on any atom is -0.328 e. The van der Waals surface area contributed by atoms with Crippen LogP contribution in [-0.2, 0) is 12.1 Å². The quantitative estimate of drug-likeness (QED) is 0.901. The standard InChI is InChI=1S/C14H27N5/c1-11(15)12-6-5-7-18(8-12)9-13-10-19(17-16-13)14(2,3)4/h10-12H,5-9,15H2,1-4H3. The van der Waals surface area contributed by atoms with Crippen LogP contribution in [0.3, 0.4) is 0 Å². The van der Waals surface area contributed by atoms with Gasteiger partial charge in [0.05, 0.1) is 17.4 Å². The molecule has 19 heavy (non-hydrogen) atoms. The Morgan fingerprint density at radius 1 is 1.47 bits per heavy atom. The Morgan fingerprint density at radius 2 is 2.21 bits per heavy atom. The summed E-state index contributed by atoms with van der Waals surface area (Å²) in [6.45, 7) is 11.6. The molecule has 1 fully saturated rings. The van der Waals surface area contributed by atoms with Gasteiger partial charge in [-0.1, -0.05) is 5.21 Å². The molecule has 2 atom stereocenters. The predicted octanol–water partition coefficient (Wildman–Crippen LogP) is 1.59. The van der Waals surface area contributed by atoms with E-state index in [1.165, 1.54) is 12.8 Å². The number of hydrogen-bond acceptors (Lipinski definition) is 4. The first-order valence-corrected chi connectivity index (χ1v) is 7.26. The monoisotopic (exact) mass is 265 g/mol. The van der Waals surface area contributed by atoms with Gasteiger partial charge in [0.25, 0.3) is 0 Å². The molecule has 0 saturated carbocycles. The molecule has 0 aromatic carbocycles. The van der Waals surface area contributed by atoms with Gasteiger partial charge < -0.3 is 5.73 Å². The lowest BCUT2D eigenvalue weighted by molar-refractivity contribution is 0.153. The second-order valence-electron chi connectivity index (χ2n) is 6.82. The Bertz CT molecular complexity index is 404. The van der Waals surface area contributed by atoms with Crippen LogP contribution in [-0.4, -0.2) is 39.0 Å². The van der Waals surface area contributed by atoms with E-state index in [4.69, 9.17) is 5.73 Å². The summed E-state index contributed by atoms with van der Waals surface area (Å²) in [4.78, 5) is 2.45. The van der Waals surface area contributed by atoms with E-state index in [1.54, 1.807) is 0 Å². The van der Waals surface area contributed by atoms with Crippen LogP contribution in [0.5, 0.6) is 0 Å². The molecule has 2 N–H and O–H groups in total. The molecule has 1 aromatic rings. The van der Waals surface area contributed by atoms with Crippen molar-refractivity contribution in [3.8, 4) is 0 Å². The number of likely N-dealkylation sites (tertiary alicyclic amines) is 1. The van der Waals surface area contributed by atoms with E-state index in [9.17, 15) is 0 Å². The maximum atomic E-state index is 6.03. The van der Waals surface area contributed by atoms with E-state index >= 15 is 0 Å². The number of nitrogens with two attached hydrogens (primary N) is 1. The maximum Gasteiger partial charge on any atom is 0.0967 e. The molecule has 0 bridgehead atoms. The molecular weight excluding hydrogens is 238 g/mol. The zero-order chi connectivity index (χ0) is 14.0. The zero-order valence-corrected chi connectivity index (χ0v) is 12.6. The highest BCUT2D eigenvalue weighted by molar-refractivity contribution is 4.95. The molecule has 5 heteroatoms. The van der Waals surface area contributed by atoms with Crippen molar-refractivity contribution < 1.29 is 0 Å². The molecule has 2 unspecified atom stereocenters. The van der Waals surface area contributed by atoms with Crippen LogP contribution in [0, 0.1) is 5.92 Å². The Labute approximate surface area is 116 Å². The highest BCUT2D eigenvalue weighted by Crippen LogP contribution is 2.20. The molecule has 1 aliphatic heterocycles. The van der Waals surface area contributed by atoms with Crippen LogP contribution < -0.4 is 5.73 Å². The molecule has 0 spiro atoms. The van der Waals surface area contributed by atoms with Gasteiger partial charge in [0.15, 0.2) is 0 Å². The average Bonchev–Trinajstić information content (AvgIpc) is 2.77. The van der Waals surface area contributed by atoms with Crippen molar-refractivity contribution in [2.24, 2.45) is 11.7 Å². The minimum atomic E-state index is 0.00144. The molecule has 1 aliphatic rings. The van der Waals surface area contributed by atoms with Gasteiger partial charge in [-0.2, -0.15) is 0 Å². The van der Waals surface area contributed by atoms with E-state index in [0.717, 1.165) is 25.3 Å². The molecule has 1 saturated heterocycles. The third kappa shape index (κ3) is 3.76. The zero-order valence-electron chi connectivity index (χ0n) is 12.6. The van der Waals surface area contributed by atoms with Gasteiger partial charge in [-0.15, -0.1) is 5.10 Å². The van der Waals surface area contributed by atoms with Crippen LogP contribution in [0.25, 0.3) is 0 Å². The summed E-state index contributed by atoms with van der Waals surface area (Å²) in [5, 5.41) is 8.51. The summed E-state index contributed by atoms with van der Waals surface area (Å²) in [6, 6.07) is 0.285. The van der Waals surface area contributed by atoms with Crippen LogP contribution in [0.15, 0.2) is 6.20 Å². The summed E-state index contributed by atoms with van der Waals surface area (Å²) >= 11 is 0. The fourth-order valence-corrected chi connectivity index (χ4v) is 2.59. The van der Waals surface area contributed by atoms with Crippen LogP contribution in [0.4, 0.5) is 0 Å². The topological polar surface area (TPSA) is 60.0 Å². The summed E-state index contributed by atoms with van der Waals surface area (Å²) < 4.78 is 1.94. The van der Waals surface area contributed by atoms with E-state index in [1.807, 2.05) is 4.68 Å². The number of hydrogen-bond donors (Lipinski definition) is 1. The van der Waals surface area contributed by atoms with Gasteiger partial charge in [0, 0.05) is 19.1 Å². The second-order valence-corrected chi connectivity index (χ2v) is 6.82. The SMILES string of the molecule is CC(N)C1CCCN(Cc2cn(C(C)(C)C)nn2)C1. The lowest BCUT2D eigenvalue weighted by Gasteiger charge is -2.34. The first kappa shape index (κ1) is 14.5. The van der Waals surface area contributed by atoms with Crippen molar-refractivity contribution in [3.05, 3.63) is 11.9 Å². The third-order valence-corrected chi connectivity index (χ3v) is 3.90. The summed E-state index contributed by atoms with van der Waals surface area (Å²) in [5.41, 5.74) is 7.08. The molecule has 108 valence electrons. The normalized spacial score (nSPS) is 23.5. The largest absolute Gasteiger partial charge is 0.328 e. The Morgan fingerprint density at radius 3 is 2.79 bits per heavy atom. The Kier molecular flexibility index (Phi) is 4.26. The summed E-state index contributed by atoms with van der Waals surface area (Å²) in [6.07, 6.45) is 4.55. The lowest BCUT2D eigenvalue weighted by Crippen LogP contribution is -2.42.